The van der Waals surface area contributed by atoms with Crippen LogP contribution in [0.5, 0.6) is 0 Å². The van der Waals surface area contributed by atoms with E-state index in [1.807, 2.05) is 0 Å². The molecule has 0 saturated heterocycles. The summed E-state index contributed by atoms with van der Waals surface area (Å²) >= 11 is 0. The Hall–Kier alpha value is -4.48. The number of carbonyl (C=O) groups is 3. The van der Waals surface area contributed by atoms with E-state index < -0.39 is 23.6 Å². The van der Waals surface area contributed by atoms with Crippen molar-refractivity contribution in [3.63, 3.8) is 0 Å². The van der Waals surface area contributed by atoms with Crippen molar-refractivity contribution in [3.05, 3.63) is 70.2 Å². The van der Waals surface area contributed by atoms with E-state index in [1.54, 1.807) is 32.4 Å². The Bertz CT molecular complexity index is 1500. The second kappa shape index (κ2) is 13.2. The molecule has 3 N–H and O–H groups in total. The van der Waals surface area contributed by atoms with E-state index in [-0.39, 0.29) is 35.8 Å². The number of likely N-dealkylation sites (N-methyl/N-ethyl adjacent to an activating group) is 1. The van der Waals surface area contributed by atoms with Crippen molar-refractivity contribution in [2.75, 3.05) is 26.5 Å². The number of fused-ring (bicyclic) bond motifs is 1. The number of halogens is 1. The van der Waals surface area contributed by atoms with Gasteiger partial charge in [0.05, 0.1) is 24.7 Å². The number of anilines is 1. The molecule has 3 aromatic rings. The molecule has 0 fully saturated rings. The highest BCUT2D eigenvalue weighted by Gasteiger charge is 2.22. The Morgan fingerprint density at radius 3 is 2.63 bits per heavy atom. The van der Waals surface area contributed by atoms with Crippen molar-refractivity contribution < 1.29 is 23.5 Å². The van der Waals surface area contributed by atoms with Gasteiger partial charge in [0.2, 0.25) is 11.8 Å². The largest absolute Gasteiger partial charge is 0.453 e. The van der Waals surface area contributed by atoms with Crippen LogP contribution in [0.3, 0.4) is 0 Å². The highest BCUT2D eigenvalue weighted by Crippen LogP contribution is 2.27. The van der Waals surface area contributed by atoms with Gasteiger partial charge in [0.15, 0.2) is 0 Å². The molecule has 11 nitrogen and oxygen atoms in total. The number of aromatic amines is 1. The molecule has 12 heteroatoms. The van der Waals surface area contributed by atoms with Gasteiger partial charge in [-0.25, -0.2) is 14.2 Å². The smallest absolute Gasteiger partial charge is 0.407 e. The topological polar surface area (TPSA) is 138 Å². The summed E-state index contributed by atoms with van der Waals surface area (Å²) in [7, 11) is 4.41. The molecule has 3 rings (SSSR count). The summed E-state index contributed by atoms with van der Waals surface area (Å²) in [5.41, 5.74) is 1.39. The maximum atomic E-state index is 14.3. The lowest BCUT2D eigenvalue weighted by Crippen LogP contribution is -2.44. The van der Waals surface area contributed by atoms with Gasteiger partial charge < -0.3 is 29.8 Å². The number of nitrogens with one attached hydrogen (secondary N) is 3. The van der Waals surface area contributed by atoms with E-state index in [1.165, 1.54) is 40.9 Å². The molecule has 1 aromatic carbocycles. The number of ether oxygens (including phenoxy) is 1. The average molecular weight is 569 g/mol. The lowest BCUT2D eigenvalue weighted by atomic mass is 9.87. The zero-order chi connectivity index (χ0) is 30.3. The van der Waals surface area contributed by atoms with Crippen LogP contribution in [0.25, 0.3) is 11.0 Å². The molecule has 220 valence electrons. The number of methoxy groups -OCH3 is 1. The SMILES string of the molecule is COC(=O)NC(CCC=CC(=O)N(C)C)C(=O)Nc1cccn(Cc2nc3c(CC(C)(C)C)cc(F)cc3[nH]2)c1=O. The molecule has 0 aliphatic carbocycles. The minimum atomic E-state index is -1.03. The molecule has 0 radical (unpaired) electrons. The maximum absolute atomic E-state index is 14.3. The summed E-state index contributed by atoms with van der Waals surface area (Å²) in [5, 5.41) is 5.04. The van der Waals surface area contributed by atoms with Gasteiger partial charge >= 0.3 is 6.09 Å². The number of imidazole rings is 1. The molecule has 2 heterocycles. The number of amides is 3. The van der Waals surface area contributed by atoms with Crippen LogP contribution < -0.4 is 16.2 Å². The number of hydrogen-bond donors (Lipinski definition) is 3. The minimum Gasteiger partial charge on any atom is -0.453 e. The Balaban J connectivity index is 1.79. The second-order valence-electron chi connectivity index (χ2n) is 11.1. The lowest BCUT2D eigenvalue weighted by molar-refractivity contribution is -0.123. The van der Waals surface area contributed by atoms with Crippen LogP contribution in [-0.4, -0.2) is 64.6 Å². The molecule has 2 aromatic heterocycles. The Morgan fingerprint density at radius 2 is 1.98 bits per heavy atom. The van der Waals surface area contributed by atoms with E-state index >= 15 is 0 Å². The van der Waals surface area contributed by atoms with Crippen molar-refractivity contribution in [3.8, 4) is 0 Å². The molecule has 0 saturated carbocycles. The molecule has 0 aliphatic heterocycles. The molecule has 41 heavy (non-hydrogen) atoms. The number of H-pyrrole nitrogens is 1. The minimum absolute atomic E-state index is 0.00284. The van der Waals surface area contributed by atoms with Gasteiger partial charge in [-0.05, 0) is 60.6 Å². The first-order chi connectivity index (χ1) is 19.3. The highest BCUT2D eigenvalue weighted by atomic mass is 19.1. The zero-order valence-corrected chi connectivity index (χ0v) is 24.2. The molecular formula is C29H37FN6O5. The van der Waals surface area contributed by atoms with Gasteiger partial charge in [-0.1, -0.05) is 26.8 Å². The second-order valence-corrected chi connectivity index (χ2v) is 11.1. The number of nitrogens with zero attached hydrogens (tertiary/aromatic N) is 3. The van der Waals surface area contributed by atoms with Crippen LogP contribution in [0.4, 0.5) is 14.9 Å². The first kappa shape index (κ1) is 31.1. The number of alkyl carbamates (subject to hydrolysis) is 1. The lowest BCUT2D eigenvalue weighted by Gasteiger charge is -2.18. The third-order valence-corrected chi connectivity index (χ3v) is 6.12. The Kier molecular flexibility index (Phi) is 10.0. The molecule has 3 amide bonds. The summed E-state index contributed by atoms with van der Waals surface area (Å²) in [6.07, 6.45) is 4.81. The van der Waals surface area contributed by atoms with Crippen LogP contribution in [0, 0.1) is 11.2 Å². The maximum Gasteiger partial charge on any atom is 0.407 e. The molecule has 1 unspecified atom stereocenters. The fourth-order valence-corrected chi connectivity index (χ4v) is 4.19. The Morgan fingerprint density at radius 1 is 1.24 bits per heavy atom. The summed E-state index contributed by atoms with van der Waals surface area (Å²) in [6, 6.07) is 4.88. The number of aromatic nitrogens is 3. The normalized spacial score (nSPS) is 12.4. The van der Waals surface area contributed by atoms with Gasteiger partial charge in [0.1, 0.15) is 23.4 Å². The highest BCUT2D eigenvalue weighted by molar-refractivity contribution is 5.96. The van der Waals surface area contributed by atoms with E-state index in [0.29, 0.717) is 29.7 Å². The monoisotopic (exact) mass is 568 g/mol. The summed E-state index contributed by atoms with van der Waals surface area (Å²) in [5.74, 6) is -0.750. The first-order valence-corrected chi connectivity index (χ1v) is 13.2. The quantitative estimate of drug-likeness (QED) is 0.320. The van der Waals surface area contributed by atoms with Gasteiger partial charge in [-0.3, -0.25) is 14.4 Å². The molecule has 0 aliphatic rings. The van der Waals surface area contributed by atoms with Crippen molar-refractivity contribution in [1.29, 1.82) is 0 Å². The molecular weight excluding hydrogens is 531 g/mol. The van der Waals surface area contributed by atoms with Crippen LogP contribution >= 0.6 is 0 Å². The number of hydrogen-bond acceptors (Lipinski definition) is 6. The van der Waals surface area contributed by atoms with Gasteiger partial charge in [0.25, 0.3) is 5.56 Å². The number of benzene rings is 1. The van der Waals surface area contributed by atoms with Crippen molar-refractivity contribution >= 4 is 34.6 Å². The Labute approximate surface area is 237 Å². The van der Waals surface area contributed by atoms with Crippen molar-refractivity contribution in [2.24, 2.45) is 5.41 Å². The first-order valence-electron chi connectivity index (χ1n) is 13.2. The number of pyridine rings is 1. The van der Waals surface area contributed by atoms with Crippen LogP contribution in [0.1, 0.15) is 45.0 Å². The fourth-order valence-electron chi connectivity index (χ4n) is 4.19. The zero-order valence-electron chi connectivity index (χ0n) is 24.2. The molecule has 0 bridgehead atoms. The van der Waals surface area contributed by atoms with Gasteiger partial charge in [-0.15, -0.1) is 0 Å². The van der Waals surface area contributed by atoms with E-state index in [4.69, 9.17) is 0 Å². The van der Waals surface area contributed by atoms with E-state index in [9.17, 15) is 23.6 Å². The average Bonchev–Trinajstić information content (AvgIpc) is 3.29. The van der Waals surface area contributed by atoms with Crippen LogP contribution in [-0.2, 0) is 27.3 Å². The van der Waals surface area contributed by atoms with Crippen molar-refractivity contribution in [2.45, 2.75) is 52.6 Å². The van der Waals surface area contributed by atoms with Gasteiger partial charge in [0, 0.05) is 20.3 Å². The molecule has 1 atom stereocenters. The third kappa shape index (κ3) is 8.75. The standard InChI is InChI=1S/C29H37FN6O5/c1-29(2,3)16-18-14-19(30)15-22-25(18)34-23(31-22)17-36-13-9-11-21(27(36)39)32-26(38)20(33-28(40)41-6)10-7-8-12-24(37)35(4)5/h8-9,11-15,20H,7,10,16-17H2,1-6H3,(H,31,34)(H,32,38)(H,33,40). The third-order valence-electron chi connectivity index (χ3n) is 6.12. The van der Waals surface area contributed by atoms with E-state index in [0.717, 1.165) is 5.56 Å². The van der Waals surface area contributed by atoms with Gasteiger partial charge in [-0.2, -0.15) is 0 Å². The molecule has 0 spiro atoms. The predicted molar refractivity (Wildman–Crippen MR) is 154 cm³/mol. The van der Waals surface area contributed by atoms with Crippen LogP contribution in [0.2, 0.25) is 0 Å². The number of rotatable bonds is 10. The van der Waals surface area contributed by atoms with Crippen LogP contribution in [0.15, 0.2) is 47.4 Å². The predicted octanol–water partition coefficient (Wildman–Crippen LogP) is 3.59. The number of allylic oxidation sites excluding steroid dienone is 1. The van der Waals surface area contributed by atoms with E-state index in [2.05, 4.69) is 46.1 Å². The van der Waals surface area contributed by atoms with Crippen molar-refractivity contribution in [1.82, 2.24) is 24.8 Å². The summed E-state index contributed by atoms with van der Waals surface area (Å²) in [4.78, 5) is 59.0. The summed E-state index contributed by atoms with van der Waals surface area (Å²) < 4.78 is 20.3. The summed E-state index contributed by atoms with van der Waals surface area (Å²) in [6.45, 7) is 6.24. The number of carbonyl (C=O) groups excluding carboxylic acids is 3. The fraction of sp³-hybridized carbons (Fsp3) is 0.414.